The Balaban J connectivity index is 1.51. The number of para-hydroxylation sites is 1. The maximum atomic E-state index is 10.5. The fraction of sp³-hybridized carbons (Fsp3) is 0.478. The van der Waals surface area contributed by atoms with Crippen molar-refractivity contribution in [3.8, 4) is 5.75 Å². The van der Waals surface area contributed by atoms with Gasteiger partial charge in [0.15, 0.2) is 0 Å². The monoisotopic (exact) mass is 384 g/mol. The van der Waals surface area contributed by atoms with Crippen molar-refractivity contribution in [2.24, 2.45) is 0 Å². The first-order chi connectivity index (χ1) is 13.7. The maximum Gasteiger partial charge on any atom is 0.123 e. The van der Waals surface area contributed by atoms with Crippen LogP contribution in [0.5, 0.6) is 5.75 Å². The molecule has 0 radical (unpaired) electrons. The van der Waals surface area contributed by atoms with E-state index in [1.807, 2.05) is 24.3 Å². The van der Waals surface area contributed by atoms with Crippen LogP contribution in [0.15, 0.2) is 48.5 Å². The van der Waals surface area contributed by atoms with Crippen molar-refractivity contribution in [1.82, 2.24) is 9.80 Å². The number of rotatable bonds is 10. The van der Waals surface area contributed by atoms with Crippen molar-refractivity contribution in [2.75, 3.05) is 39.4 Å². The van der Waals surface area contributed by atoms with Gasteiger partial charge in [-0.2, -0.15) is 0 Å². The number of aliphatic hydroxyl groups is 2. The Hall–Kier alpha value is -1.92. The van der Waals surface area contributed by atoms with Crippen LogP contribution >= 0.6 is 0 Å². The smallest absolute Gasteiger partial charge is 0.123 e. The number of fused-ring (bicyclic) bond motifs is 1. The standard InChI is InChI=1S/C23H32N2O3/c1-2-24(13-14-26)16-21-9-5-6-10-23(21)28-18-22(27)17-25-12-11-19-7-3-4-8-20(19)15-25/h3-10,22,26-27H,2,11-18H2,1H3. The highest BCUT2D eigenvalue weighted by Crippen LogP contribution is 2.21. The lowest BCUT2D eigenvalue weighted by molar-refractivity contribution is 0.0631. The van der Waals surface area contributed by atoms with Crippen LogP contribution in [0.25, 0.3) is 0 Å². The first-order valence-electron chi connectivity index (χ1n) is 10.2. The van der Waals surface area contributed by atoms with Gasteiger partial charge >= 0.3 is 0 Å². The molecule has 152 valence electrons. The maximum absolute atomic E-state index is 10.5. The first kappa shape index (κ1) is 20.8. The lowest BCUT2D eigenvalue weighted by Gasteiger charge is -2.30. The molecule has 1 aliphatic heterocycles. The molecule has 2 aromatic rings. The summed E-state index contributed by atoms with van der Waals surface area (Å²) in [5, 5.41) is 19.7. The van der Waals surface area contributed by atoms with E-state index in [4.69, 9.17) is 4.74 Å². The van der Waals surface area contributed by atoms with Crippen LogP contribution < -0.4 is 4.74 Å². The molecule has 3 rings (SSSR count). The molecule has 0 bridgehead atoms. The average molecular weight is 385 g/mol. The van der Waals surface area contributed by atoms with E-state index in [0.717, 1.165) is 43.9 Å². The molecule has 0 aromatic heterocycles. The number of ether oxygens (including phenoxy) is 1. The molecule has 5 nitrogen and oxygen atoms in total. The van der Waals surface area contributed by atoms with Crippen LogP contribution in [0.2, 0.25) is 0 Å². The Kier molecular flexibility index (Phi) is 7.86. The molecular formula is C23H32N2O3. The summed E-state index contributed by atoms with van der Waals surface area (Å²) in [6.07, 6.45) is 0.502. The largest absolute Gasteiger partial charge is 0.491 e. The zero-order chi connectivity index (χ0) is 19.8. The third kappa shape index (κ3) is 5.79. The summed E-state index contributed by atoms with van der Waals surface area (Å²) in [7, 11) is 0. The quantitative estimate of drug-likeness (QED) is 0.658. The number of β-amino-alcohol motifs (C(OH)–C–C–N with tert-alkyl or cyclic N) is 1. The van der Waals surface area contributed by atoms with Gasteiger partial charge in [0.25, 0.3) is 0 Å². The van der Waals surface area contributed by atoms with E-state index in [9.17, 15) is 10.2 Å². The van der Waals surface area contributed by atoms with Crippen LogP contribution in [0.3, 0.4) is 0 Å². The highest BCUT2D eigenvalue weighted by Gasteiger charge is 2.19. The number of hydrogen-bond donors (Lipinski definition) is 2. The minimum Gasteiger partial charge on any atom is -0.491 e. The first-order valence-corrected chi connectivity index (χ1v) is 10.2. The molecule has 0 saturated carbocycles. The average Bonchev–Trinajstić information content (AvgIpc) is 2.72. The minimum absolute atomic E-state index is 0.147. The molecule has 2 N–H and O–H groups in total. The highest BCUT2D eigenvalue weighted by atomic mass is 16.5. The van der Waals surface area contributed by atoms with Gasteiger partial charge in [-0.25, -0.2) is 0 Å². The molecule has 2 aromatic carbocycles. The Morgan fingerprint density at radius 2 is 1.86 bits per heavy atom. The van der Waals surface area contributed by atoms with Crippen molar-refractivity contribution >= 4 is 0 Å². The zero-order valence-corrected chi connectivity index (χ0v) is 16.8. The molecule has 1 aliphatic rings. The number of likely N-dealkylation sites (N-methyl/N-ethyl adjacent to an activating group) is 1. The van der Waals surface area contributed by atoms with Gasteiger partial charge in [0.05, 0.1) is 6.61 Å². The molecule has 0 fully saturated rings. The molecule has 5 heteroatoms. The molecule has 28 heavy (non-hydrogen) atoms. The van der Waals surface area contributed by atoms with E-state index in [1.54, 1.807) is 0 Å². The number of aliphatic hydroxyl groups excluding tert-OH is 2. The summed E-state index contributed by atoms with van der Waals surface area (Å²) in [5.41, 5.74) is 3.86. The molecule has 0 saturated heterocycles. The Morgan fingerprint density at radius 3 is 2.64 bits per heavy atom. The number of benzene rings is 2. The van der Waals surface area contributed by atoms with Gasteiger partial charge in [0, 0.05) is 38.3 Å². The van der Waals surface area contributed by atoms with Crippen LogP contribution in [0, 0.1) is 0 Å². The fourth-order valence-corrected chi connectivity index (χ4v) is 3.75. The van der Waals surface area contributed by atoms with E-state index in [1.165, 1.54) is 11.1 Å². The topological polar surface area (TPSA) is 56.2 Å². The molecule has 0 aliphatic carbocycles. The van der Waals surface area contributed by atoms with E-state index in [-0.39, 0.29) is 13.2 Å². The lowest BCUT2D eigenvalue weighted by atomic mass is 10.00. The molecule has 1 heterocycles. The molecule has 0 spiro atoms. The molecule has 1 unspecified atom stereocenters. The van der Waals surface area contributed by atoms with Crippen molar-refractivity contribution in [1.29, 1.82) is 0 Å². The molecular weight excluding hydrogens is 352 g/mol. The predicted molar refractivity (Wildman–Crippen MR) is 111 cm³/mol. The predicted octanol–water partition coefficient (Wildman–Crippen LogP) is 2.30. The summed E-state index contributed by atoms with van der Waals surface area (Å²) in [6, 6.07) is 16.5. The van der Waals surface area contributed by atoms with Gasteiger partial charge < -0.3 is 14.9 Å². The van der Waals surface area contributed by atoms with Gasteiger partial charge in [-0.05, 0) is 30.2 Å². The van der Waals surface area contributed by atoms with E-state index in [0.29, 0.717) is 13.1 Å². The Morgan fingerprint density at radius 1 is 1.11 bits per heavy atom. The summed E-state index contributed by atoms with van der Waals surface area (Å²) >= 11 is 0. The van der Waals surface area contributed by atoms with Gasteiger partial charge in [-0.1, -0.05) is 49.4 Å². The second-order valence-electron chi connectivity index (χ2n) is 7.42. The third-order valence-corrected chi connectivity index (χ3v) is 5.34. The third-order valence-electron chi connectivity index (χ3n) is 5.34. The van der Waals surface area contributed by atoms with Gasteiger partial charge in [-0.3, -0.25) is 9.80 Å². The lowest BCUT2D eigenvalue weighted by Crippen LogP contribution is -2.38. The van der Waals surface area contributed by atoms with Gasteiger partial charge in [-0.15, -0.1) is 0 Å². The van der Waals surface area contributed by atoms with Crippen molar-refractivity contribution < 1.29 is 14.9 Å². The van der Waals surface area contributed by atoms with Crippen molar-refractivity contribution in [3.63, 3.8) is 0 Å². The van der Waals surface area contributed by atoms with Crippen LogP contribution in [0.4, 0.5) is 0 Å². The SMILES string of the molecule is CCN(CCO)Cc1ccccc1OCC(O)CN1CCc2ccccc2C1. The van der Waals surface area contributed by atoms with Gasteiger partial charge in [0.1, 0.15) is 18.5 Å². The summed E-state index contributed by atoms with van der Waals surface area (Å²) in [6.45, 7) is 7.22. The normalized spacial score (nSPS) is 15.4. The Bertz CT molecular complexity index is 737. The van der Waals surface area contributed by atoms with E-state index >= 15 is 0 Å². The summed E-state index contributed by atoms with van der Waals surface area (Å²) in [5.74, 6) is 0.807. The highest BCUT2D eigenvalue weighted by molar-refractivity contribution is 5.33. The summed E-state index contributed by atoms with van der Waals surface area (Å²) in [4.78, 5) is 4.46. The van der Waals surface area contributed by atoms with E-state index < -0.39 is 6.10 Å². The molecule has 1 atom stereocenters. The van der Waals surface area contributed by atoms with Crippen LogP contribution in [-0.4, -0.2) is 65.5 Å². The second kappa shape index (κ2) is 10.6. The molecule has 0 amide bonds. The number of hydrogen-bond acceptors (Lipinski definition) is 5. The fourth-order valence-electron chi connectivity index (χ4n) is 3.75. The van der Waals surface area contributed by atoms with Crippen LogP contribution in [-0.2, 0) is 19.5 Å². The van der Waals surface area contributed by atoms with Crippen molar-refractivity contribution in [3.05, 3.63) is 65.2 Å². The number of nitrogens with zero attached hydrogens (tertiary/aromatic N) is 2. The minimum atomic E-state index is -0.530. The van der Waals surface area contributed by atoms with Gasteiger partial charge in [0.2, 0.25) is 0 Å². The van der Waals surface area contributed by atoms with E-state index in [2.05, 4.69) is 41.0 Å². The Labute approximate surface area is 168 Å². The zero-order valence-electron chi connectivity index (χ0n) is 16.8. The summed E-state index contributed by atoms with van der Waals surface area (Å²) < 4.78 is 5.97. The van der Waals surface area contributed by atoms with Crippen LogP contribution in [0.1, 0.15) is 23.6 Å². The second-order valence-corrected chi connectivity index (χ2v) is 7.42. The van der Waals surface area contributed by atoms with Crippen molar-refractivity contribution in [2.45, 2.75) is 32.5 Å².